The summed E-state index contributed by atoms with van der Waals surface area (Å²) in [5.74, 6) is 0.0990. The number of carbonyl (C=O) groups is 1. The SMILES string of the molecule is CC1CCN(C(=O)c2cnn(-c3ccccc3F)c2N)C1. The largest absolute Gasteiger partial charge is 0.383 e. The summed E-state index contributed by atoms with van der Waals surface area (Å²) in [7, 11) is 0. The molecule has 1 aliphatic rings. The van der Waals surface area contributed by atoms with E-state index in [-0.39, 0.29) is 17.4 Å². The summed E-state index contributed by atoms with van der Waals surface area (Å²) in [6.45, 7) is 3.56. The molecular weight excluding hydrogens is 271 g/mol. The number of carbonyl (C=O) groups excluding carboxylic acids is 1. The molecule has 0 spiro atoms. The minimum atomic E-state index is -0.430. The van der Waals surface area contributed by atoms with Crippen LogP contribution in [0.15, 0.2) is 30.5 Å². The van der Waals surface area contributed by atoms with E-state index in [9.17, 15) is 9.18 Å². The number of rotatable bonds is 2. The maximum absolute atomic E-state index is 13.8. The number of likely N-dealkylation sites (tertiary alicyclic amines) is 1. The number of aromatic nitrogens is 2. The van der Waals surface area contributed by atoms with E-state index in [1.165, 1.54) is 16.9 Å². The maximum atomic E-state index is 13.8. The van der Waals surface area contributed by atoms with Crippen LogP contribution in [0, 0.1) is 11.7 Å². The summed E-state index contributed by atoms with van der Waals surface area (Å²) in [6, 6.07) is 6.20. The number of amides is 1. The highest BCUT2D eigenvalue weighted by molar-refractivity contribution is 5.98. The summed E-state index contributed by atoms with van der Waals surface area (Å²) in [5.41, 5.74) is 6.56. The fourth-order valence-electron chi connectivity index (χ4n) is 2.63. The average molecular weight is 288 g/mol. The van der Waals surface area contributed by atoms with E-state index in [4.69, 9.17) is 5.73 Å². The van der Waals surface area contributed by atoms with Crippen molar-refractivity contribution in [3.05, 3.63) is 41.8 Å². The highest BCUT2D eigenvalue weighted by Crippen LogP contribution is 2.23. The lowest BCUT2D eigenvalue weighted by molar-refractivity contribution is 0.0789. The molecule has 2 heterocycles. The van der Waals surface area contributed by atoms with Crippen LogP contribution in [-0.2, 0) is 0 Å². The van der Waals surface area contributed by atoms with Crippen LogP contribution < -0.4 is 5.73 Å². The first kappa shape index (κ1) is 13.6. The van der Waals surface area contributed by atoms with Crippen LogP contribution in [0.1, 0.15) is 23.7 Å². The lowest BCUT2D eigenvalue weighted by Gasteiger charge is -2.15. The molecule has 1 saturated heterocycles. The van der Waals surface area contributed by atoms with Crippen LogP contribution in [0.5, 0.6) is 0 Å². The summed E-state index contributed by atoms with van der Waals surface area (Å²) in [4.78, 5) is 14.2. The van der Waals surface area contributed by atoms with E-state index in [0.29, 0.717) is 11.5 Å². The Labute approximate surface area is 122 Å². The van der Waals surface area contributed by atoms with Gasteiger partial charge in [-0.05, 0) is 24.5 Å². The van der Waals surface area contributed by atoms with Crippen LogP contribution in [0.2, 0.25) is 0 Å². The first-order valence-electron chi connectivity index (χ1n) is 6.95. The Hall–Kier alpha value is -2.37. The van der Waals surface area contributed by atoms with Crippen molar-refractivity contribution in [3.8, 4) is 5.69 Å². The molecule has 1 aromatic carbocycles. The zero-order chi connectivity index (χ0) is 15.0. The zero-order valence-corrected chi connectivity index (χ0v) is 11.8. The molecule has 110 valence electrons. The Bertz CT molecular complexity index is 682. The minimum Gasteiger partial charge on any atom is -0.383 e. The number of nitrogens with zero attached hydrogens (tertiary/aromatic N) is 3. The molecule has 2 N–H and O–H groups in total. The van der Waals surface area contributed by atoms with Crippen molar-refractivity contribution in [2.45, 2.75) is 13.3 Å². The molecule has 1 aliphatic heterocycles. The number of hydrogen-bond donors (Lipinski definition) is 1. The van der Waals surface area contributed by atoms with Gasteiger partial charge >= 0.3 is 0 Å². The molecule has 0 aliphatic carbocycles. The lowest BCUT2D eigenvalue weighted by Crippen LogP contribution is -2.28. The van der Waals surface area contributed by atoms with Crippen molar-refractivity contribution in [2.75, 3.05) is 18.8 Å². The van der Waals surface area contributed by atoms with Gasteiger partial charge < -0.3 is 10.6 Å². The molecule has 3 rings (SSSR count). The van der Waals surface area contributed by atoms with Crippen molar-refractivity contribution >= 4 is 11.7 Å². The molecule has 1 amide bonds. The fraction of sp³-hybridized carbons (Fsp3) is 0.333. The van der Waals surface area contributed by atoms with Crippen molar-refractivity contribution in [1.29, 1.82) is 0 Å². The van der Waals surface area contributed by atoms with E-state index in [1.54, 1.807) is 23.1 Å². The van der Waals surface area contributed by atoms with Gasteiger partial charge in [-0.3, -0.25) is 4.79 Å². The van der Waals surface area contributed by atoms with Crippen molar-refractivity contribution in [3.63, 3.8) is 0 Å². The Morgan fingerprint density at radius 2 is 2.19 bits per heavy atom. The van der Waals surface area contributed by atoms with Gasteiger partial charge in [-0.25, -0.2) is 9.07 Å². The Balaban J connectivity index is 1.93. The van der Waals surface area contributed by atoms with E-state index >= 15 is 0 Å². The van der Waals surface area contributed by atoms with Crippen LogP contribution >= 0.6 is 0 Å². The van der Waals surface area contributed by atoms with Gasteiger partial charge in [-0.1, -0.05) is 19.1 Å². The zero-order valence-electron chi connectivity index (χ0n) is 11.8. The van der Waals surface area contributed by atoms with Crippen molar-refractivity contribution in [2.24, 2.45) is 5.92 Å². The van der Waals surface area contributed by atoms with Crippen LogP contribution in [0.4, 0.5) is 10.2 Å². The van der Waals surface area contributed by atoms with Gasteiger partial charge in [0.1, 0.15) is 22.9 Å². The molecule has 1 atom stereocenters. The second-order valence-electron chi connectivity index (χ2n) is 5.45. The molecule has 0 radical (unpaired) electrons. The van der Waals surface area contributed by atoms with Crippen LogP contribution in [-0.4, -0.2) is 33.7 Å². The molecule has 1 aromatic heterocycles. The monoisotopic (exact) mass is 288 g/mol. The van der Waals surface area contributed by atoms with Gasteiger partial charge in [0, 0.05) is 13.1 Å². The smallest absolute Gasteiger partial charge is 0.259 e. The number of anilines is 1. The molecule has 6 heteroatoms. The first-order valence-corrected chi connectivity index (χ1v) is 6.95. The third-order valence-corrected chi connectivity index (χ3v) is 3.83. The van der Waals surface area contributed by atoms with Gasteiger partial charge in [0.25, 0.3) is 5.91 Å². The molecule has 0 bridgehead atoms. The van der Waals surface area contributed by atoms with Gasteiger partial charge in [0.05, 0.1) is 6.20 Å². The molecule has 2 aromatic rings. The highest BCUT2D eigenvalue weighted by atomic mass is 19.1. The molecule has 0 saturated carbocycles. The quantitative estimate of drug-likeness (QED) is 0.920. The third-order valence-electron chi connectivity index (χ3n) is 3.83. The van der Waals surface area contributed by atoms with E-state index < -0.39 is 5.82 Å². The number of nitrogens with two attached hydrogens (primary N) is 1. The number of hydrogen-bond acceptors (Lipinski definition) is 3. The van der Waals surface area contributed by atoms with Crippen LogP contribution in [0.25, 0.3) is 5.69 Å². The second-order valence-corrected chi connectivity index (χ2v) is 5.45. The first-order chi connectivity index (χ1) is 10.1. The highest BCUT2D eigenvalue weighted by Gasteiger charge is 2.27. The number of benzene rings is 1. The number of nitrogen functional groups attached to an aromatic ring is 1. The molecule has 1 fully saturated rings. The predicted molar refractivity (Wildman–Crippen MR) is 77.6 cm³/mol. The number of halogens is 1. The molecular formula is C15H17FN4O. The summed E-state index contributed by atoms with van der Waals surface area (Å²) in [6.07, 6.45) is 2.40. The van der Waals surface area contributed by atoms with Crippen LogP contribution in [0.3, 0.4) is 0 Å². The molecule has 21 heavy (non-hydrogen) atoms. The molecule has 1 unspecified atom stereocenters. The minimum absolute atomic E-state index is 0.139. The predicted octanol–water partition coefficient (Wildman–Crippen LogP) is 2.08. The van der Waals surface area contributed by atoms with Gasteiger partial charge in [-0.15, -0.1) is 0 Å². The summed E-state index contributed by atoms with van der Waals surface area (Å²) < 4.78 is 15.1. The van der Waals surface area contributed by atoms with E-state index in [1.807, 2.05) is 0 Å². The van der Waals surface area contributed by atoms with Gasteiger partial charge in [-0.2, -0.15) is 5.10 Å². The summed E-state index contributed by atoms with van der Waals surface area (Å²) >= 11 is 0. The van der Waals surface area contributed by atoms with Gasteiger partial charge in [0.15, 0.2) is 0 Å². The second kappa shape index (κ2) is 5.20. The molecule has 5 nitrogen and oxygen atoms in total. The topological polar surface area (TPSA) is 64.2 Å². The summed E-state index contributed by atoms with van der Waals surface area (Å²) in [5, 5.41) is 4.06. The van der Waals surface area contributed by atoms with Crippen molar-refractivity contribution < 1.29 is 9.18 Å². The van der Waals surface area contributed by atoms with E-state index in [0.717, 1.165) is 19.5 Å². The fourth-order valence-corrected chi connectivity index (χ4v) is 2.63. The van der Waals surface area contributed by atoms with Gasteiger partial charge in [0.2, 0.25) is 0 Å². The van der Waals surface area contributed by atoms with Crippen molar-refractivity contribution in [1.82, 2.24) is 14.7 Å². The average Bonchev–Trinajstić information content (AvgIpc) is 3.05. The lowest BCUT2D eigenvalue weighted by atomic mass is 10.2. The normalized spacial score (nSPS) is 18.2. The Morgan fingerprint density at radius 1 is 1.43 bits per heavy atom. The Morgan fingerprint density at radius 3 is 2.86 bits per heavy atom. The Kier molecular flexibility index (Phi) is 3.37. The third kappa shape index (κ3) is 2.37. The van der Waals surface area contributed by atoms with E-state index in [2.05, 4.69) is 12.0 Å². The maximum Gasteiger partial charge on any atom is 0.259 e. The standard InChI is InChI=1S/C15H17FN4O/c1-10-6-7-19(9-10)15(21)11-8-18-20(14(11)17)13-5-3-2-4-12(13)16/h2-5,8,10H,6-7,9,17H2,1H3. The number of para-hydroxylation sites is 1.